The van der Waals surface area contributed by atoms with Gasteiger partial charge in [0.05, 0.1) is 5.69 Å². The molecule has 9 heteroatoms. The molecule has 0 spiro atoms. The number of aromatic nitrogens is 3. The van der Waals surface area contributed by atoms with Crippen molar-refractivity contribution in [3.8, 4) is 22.8 Å². The minimum absolute atomic E-state index is 0.0948. The number of carbonyl (C=O) groups is 1. The normalized spacial score (nSPS) is 12.3. The molecule has 2 N–H and O–H groups in total. The van der Waals surface area contributed by atoms with Crippen molar-refractivity contribution in [1.82, 2.24) is 24.8 Å². The van der Waals surface area contributed by atoms with Crippen molar-refractivity contribution in [3.63, 3.8) is 0 Å². The number of anilines is 2. The molecular formula is C24H24N6O3. The Balaban J connectivity index is 1.33. The molecule has 0 radical (unpaired) electrons. The van der Waals surface area contributed by atoms with Crippen LogP contribution in [0.1, 0.15) is 10.4 Å². The van der Waals surface area contributed by atoms with Crippen molar-refractivity contribution in [1.29, 1.82) is 0 Å². The van der Waals surface area contributed by atoms with E-state index in [1.54, 1.807) is 16.6 Å². The molecule has 33 heavy (non-hydrogen) atoms. The van der Waals surface area contributed by atoms with Gasteiger partial charge in [0, 0.05) is 29.9 Å². The van der Waals surface area contributed by atoms with Gasteiger partial charge in [0.2, 0.25) is 12.7 Å². The highest BCUT2D eigenvalue weighted by molar-refractivity contribution is 5.94. The third-order valence-corrected chi connectivity index (χ3v) is 5.28. The first-order chi connectivity index (χ1) is 16.1. The number of nitrogens with one attached hydrogen (secondary N) is 2. The maximum atomic E-state index is 12.3. The average molecular weight is 444 g/mol. The van der Waals surface area contributed by atoms with Crippen LogP contribution in [0.4, 0.5) is 11.6 Å². The van der Waals surface area contributed by atoms with Crippen LogP contribution in [0.25, 0.3) is 16.9 Å². The van der Waals surface area contributed by atoms with Crippen LogP contribution >= 0.6 is 0 Å². The fourth-order valence-corrected chi connectivity index (χ4v) is 3.56. The molecule has 3 heterocycles. The first-order valence-corrected chi connectivity index (χ1v) is 10.6. The average Bonchev–Trinajstić information content (AvgIpc) is 3.44. The van der Waals surface area contributed by atoms with Crippen molar-refractivity contribution in [2.75, 3.05) is 39.3 Å². The Morgan fingerprint density at radius 3 is 2.70 bits per heavy atom. The van der Waals surface area contributed by atoms with Crippen LogP contribution in [-0.4, -0.2) is 59.4 Å². The third-order valence-electron chi connectivity index (χ3n) is 5.28. The van der Waals surface area contributed by atoms with Crippen molar-refractivity contribution in [2.24, 2.45) is 0 Å². The smallest absolute Gasteiger partial charge is 0.251 e. The zero-order chi connectivity index (χ0) is 22.8. The molecule has 4 aromatic rings. The maximum Gasteiger partial charge on any atom is 0.251 e. The zero-order valence-corrected chi connectivity index (χ0v) is 18.4. The van der Waals surface area contributed by atoms with Gasteiger partial charge in [-0.2, -0.15) is 4.98 Å². The first-order valence-electron chi connectivity index (χ1n) is 10.6. The van der Waals surface area contributed by atoms with E-state index < -0.39 is 0 Å². The topological polar surface area (TPSA) is 93.0 Å². The Morgan fingerprint density at radius 1 is 1.06 bits per heavy atom. The highest BCUT2D eigenvalue weighted by atomic mass is 16.7. The van der Waals surface area contributed by atoms with Crippen LogP contribution in [0.3, 0.4) is 0 Å². The molecule has 1 amide bonds. The number of ether oxygens (including phenoxy) is 2. The summed E-state index contributed by atoms with van der Waals surface area (Å²) < 4.78 is 12.7. The van der Waals surface area contributed by atoms with Crippen LogP contribution in [0.5, 0.6) is 11.5 Å². The number of fused-ring (bicyclic) bond motifs is 2. The summed E-state index contributed by atoms with van der Waals surface area (Å²) in [7, 11) is 3.94. The lowest BCUT2D eigenvalue weighted by Gasteiger charge is -2.10. The molecule has 0 atom stereocenters. The summed E-state index contributed by atoms with van der Waals surface area (Å²) in [5, 5.41) is 10.8. The standard InChI is InChI=1S/C24H24N6O3/c1-29(2)13-12-25-23(31)16-6-9-18(10-7-16)26-24-27-22-5-3-4-19(30(22)28-24)17-8-11-20-21(14-17)33-15-32-20/h3-11,14H,12-13,15H2,1-2H3,(H,25,31)(H,26,28). The lowest BCUT2D eigenvalue weighted by Crippen LogP contribution is -2.31. The van der Waals surface area contributed by atoms with Gasteiger partial charge in [-0.3, -0.25) is 4.79 Å². The Labute approximate surface area is 191 Å². The molecule has 0 fully saturated rings. The third kappa shape index (κ3) is 4.44. The number of pyridine rings is 1. The Kier molecular flexibility index (Phi) is 5.54. The van der Waals surface area contributed by atoms with Crippen LogP contribution in [0.15, 0.2) is 60.7 Å². The Morgan fingerprint density at radius 2 is 1.88 bits per heavy atom. The molecule has 0 bridgehead atoms. The molecule has 2 aromatic carbocycles. The highest BCUT2D eigenvalue weighted by Gasteiger charge is 2.16. The second kappa shape index (κ2) is 8.79. The van der Waals surface area contributed by atoms with Crippen molar-refractivity contribution >= 4 is 23.2 Å². The monoisotopic (exact) mass is 444 g/mol. The predicted molar refractivity (Wildman–Crippen MR) is 125 cm³/mol. The van der Waals surface area contributed by atoms with Gasteiger partial charge in [-0.1, -0.05) is 6.07 Å². The van der Waals surface area contributed by atoms with E-state index in [4.69, 9.17) is 9.47 Å². The van der Waals surface area contributed by atoms with Gasteiger partial charge in [-0.25, -0.2) is 4.52 Å². The lowest BCUT2D eigenvalue weighted by molar-refractivity contribution is 0.0951. The molecule has 0 saturated heterocycles. The number of nitrogens with zero attached hydrogens (tertiary/aromatic N) is 4. The van der Waals surface area contributed by atoms with Crippen LogP contribution in [0, 0.1) is 0 Å². The van der Waals surface area contributed by atoms with Crippen molar-refractivity contribution < 1.29 is 14.3 Å². The van der Waals surface area contributed by atoms with E-state index in [9.17, 15) is 4.79 Å². The summed E-state index contributed by atoms with van der Waals surface area (Å²) in [6, 6.07) is 18.9. The van der Waals surface area contributed by atoms with Crippen molar-refractivity contribution in [3.05, 3.63) is 66.2 Å². The van der Waals surface area contributed by atoms with Crippen LogP contribution in [0.2, 0.25) is 0 Å². The maximum absolute atomic E-state index is 12.3. The van der Waals surface area contributed by atoms with Gasteiger partial charge in [0.25, 0.3) is 5.91 Å². The molecule has 1 aliphatic rings. The first kappa shape index (κ1) is 20.8. The predicted octanol–water partition coefficient (Wildman–Crippen LogP) is 3.16. The molecule has 5 rings (SSSR count). The van der Waals surface area contributed by atoms with Crippen molar-refractivity contribution in [2.45, 2.75) is 0 Å². The Bertz CT molecular complexity index is 1300. The van der Waals surface area contributed by atoms with Gasteiger partial charge >= 0.3 is 0 Å². The van der Waals surface area contributed by atoms with E-state index in [1.165, 1.54) is 0 Å². The van der Waals surface area contributed by atoms with E-state index in [-0.39, 0.29) is 12.7 Å². The molecule has 9 nitrogen and oxygen atoms in total. The molecule has 1 aliphatic heterocycles. The fourth-order valence-electron chi connectivity index (χ4n) is 3.56. The number of carbonyl (C=O) groups excluding carboxylic acids is 1. The van der Waals surface area contributed by atoms with E-state index in [0.29, 0.717) is 29.5 Å². The van der Waals surface area contributed by atoms with Gasteiger partial charge in [0.15, 0.2) is 17.1 Å². The van der Waals surface area contributed by atoms with Gasteiger partial charge in [-0.15, -0.1) is 5.10 Å². The fraction of sp³-hybridized carbons (Fsp3) is 0.208. The molecule has 2 aromatic heterocycles. The number of hydrogen-bond acceptors (Lipinski definition) is 7. The summed E-state index contributed by atoms with van der Waals surface area (Å²) in [6.45, 7) is 1.62. The van der Waals surface area contributed by atoms with E-state index in [1.807, 2.05) is 67.5 Å². The number of benzene rings is 2. The second-order valence-corrected chi connectivity index (χ2v) is 7.95. The largest absolute Gasteiger partial charge is 0.454 e. The number of hydrogen-bond donors (Lipinski definition) is 2. The molecule has 168 valence electrons. The molecule has 0 saturated carbocycles. The number of amides is 1. The quantitative estimate of drug-likeness (QED) is 0.452. The summed E-state index contributed by atoms with van der Waals surface area (Å²) in [6.07, 6.45) is 0. The van der Waals surface area contributed by atoms with Gasteiger partial charge in [0.1, 0.15) is 0 Å². The zero-order valence-electron chi connectivity index (χ0n) is 18.4. The summed E-state index contributed by atoms with van der Waals surface area (Å²) in [5.41, 5.74) is 3.94. The van der Waals surface area contributed by atoms with Gasteiger partial charge in [-0.05, 0) is 68.7 Å². The summed E-state index contributed by atoms with van der Waals surface area (Å²) in [4.78, 5) is 18.9. The Hall–Kier alpha value is -4.11. The minimum atomic E-state index is -0.0948. The molecule has 0 aliphatic carbocycles. The SMILES string of the molecule is CN(C)CCNC(=O)c1ccc(Nc2nc3cccc(-c4ccc5c(c4)OCO5)n3n2)cc1. The number of likely N-dealkylation sites (N-methyl/N-ethyl adjacent to an activating group) is 1. The van der Waals surface area contributed by atoms with E-state index in [0.717, 1.165) is 29.2 Å². The molecular weight excluding hydrogens is 420 g/mol. The second-order valence-electron chi connectivity index (χ2n) is 7.95. The summed E-state index contributed by atoms with van der Waals surface area (Å²) in [5.74, 6) is 1.82. The van der Waals surface area contributed by atoms with E-state index in [2.05, 4.69) is 20.7 Å². The highest BCUT2D eigenvalue weighted by Crippen LogP contribution is 2.36. The van der Waals surface area contributed by atoms with Gasteiger partial charge < -0.3 is 25.0 Å². The van der Waals surface area contributed by atoms with Crippen LogP contribution in [-0.2, 0) is 0 Å². The lowest BCUT2D eigenvalue weighted by atomic mass is 10.1. The van der Waals surface area contributed by atoms with Crippen LogP contribution < -0.4 is 20.1 Å². The minimum Gasteiger partial charge on any atom is -0.454 e. The summed E-state index contributed by atoms with van der Waals surface area (Å²) >= 11 is 0. The van der Waals surface area contributed by atoms with E-state index >= 15 is 0 Å². The molecule has 0 unspecified atom stereocenters. The number of rotatable bonds is 7.